The average Bonchev–Trinajstić information content (AvgIpc) is 2.58. The number of fused-ring (bicyclic) bond motifs is 1. The van der Waals surface area contributed by atoms with Crippen molar-refractivity contribution < 1.29 is 0 Å². The van der Waals surface area contributed by atoms with E-state index in [-0.39, 0.29) is 0 Å². The minimum atomic E-state index is 0.344. The Morgan fingerprint density at radius 3 is 2.75 bits per heavy atom. The first-order valence-electron chi connectivity index (χ1n) is 5.60. The van der Waals surface area contributed by atoms with Gasteiger partial charge in [-0.2, -0.15) is 0 Å². The highest BCUT2D eigenvalue weighted by Gasteiger charge is 2.14. The SMILES string of the molecule is CC(C)n1c(CCN)nc2cccc(N)c21. The predicted molar refractivity (Wildman–Crippen MR) is 67.3 cm³/mol. The number of rotatable bonds is 3. The molecule has 0 unspecified atom stereocenters. The highest BCUT2D eigenvalue weighted by Crippen LogP contribution is 2.25. The molecule has 2 aromatic rings. The van der Waals surface area contributed by atoms with E-state index in [4.69, 9.17) is 11.5 Å². The van der Waals surface area contributed by atoms with Crippen LogP contribution in [0.4, 0.5) is 5.69 Å². The third-order valence-corrected chi connectivity index (χ3v) is 2.70. The zero-order chi connectivity index (χ0) is 11.7. The van der Waals surface area contributed by atoms with Crippen molar-refractivity contribution in [1.29, 1.82) is 0 Å². The van der Waals surface area contributed by atoms with E-state index in [1.807, 2.05) is 18.2 Å². The first kappa shape index (κ1) is 11.0. The Bertz CT molecular complexity index is 499. The summed E-state index contributed by atoms with van der Waals surface area (Å²) in [6.07, 6.45) is 0.784. The summed E-state index contributed by atoms with van der Waals surface area (Å²) in [5, 5.41) is 0. The Labute approximate surface area is 95.3 Å². The van der Waals surface area contributed by atoms with E-state index in [1.165, 1.54) is 0 Å². The zero-order valence-corrected chi connectivity index (χ0v) is 9.77. The van der Waals surface area contributed by atoms with Gasteiger partial charge < -0.3 is 16.0 Å². The number of anilines is 1. The molecule has 2 rings (SSSR count). The van der Waals surface area contributed by atoms with E-state index in [2.05, 4.69) is 23.4 Å². The fourth-order valence-corrected chi connectivity index (χ4v) is 2.09. The second-order valence-electron chi connectivity index (χ2n) is 4.25. The van der Waals surface area contributed by atoms with Crippen molar-refractivity contribution in [3.05, 3.63) is 24.0 Å². The first-order chi connectivity index (χ1) is 7.65. The minimum absolute atomic E-state index is 0.344. The fraction of sp³-hybridized carbons (Fsp3) is 0.417. The van der Waals surface area contributed by atoms with E-state index in [0.29, 0.717) is 12.6 Å². The minimum Gasteiger partial charge on any atom is -0.397 e. The maximum absolute atomic E-state index is 6.01. The lowest BCUT2D eigenvalue weighted by molar-refractivity contribution is 0.584. The van der Waals surface area contributed by atoms with Crippen molar-refractivity contribution in [2.45, 2.75) is 26.3 Å². The molecule has 0 atom stereocenters. The maximum Gasteiger partial charge on any atom is 0.111 e. The summed E-state index contributed by atoms with van der Waals surface area (Å²) in [6.45, 7) is 4.87. The third-order valence-electron chi connectivity index (χ3n) is 2.70. The number of nitrogen functional groups attached to an aromatic ring is 1. The Balaban J connectivity index is 2.72. The molecular formula is C12H18N4. The Morgan fingerprint density at radius 2 is 2.12 bits per heavy atom. The summed E-state index contributed by atoms with van der Waals surface area (Å²) >= 11 is 0. The number of nitrogens with two attached hydrogens (primary N) is 2. The molecule has 0 aliphatic rings. The van der Waals surface area contributed by atoms with E-state index < -0.39 is 0 Å². The van der Waals surface area contributed by atoms with Crippen LogP contribution in [0, 0.1) is 0 Å². The van der Waals surface area contributed by atoms with Crippen LogP contribution < -0.4 is 11.5 Å². The topological polar surface area (TPSA) is 69.9 Å². The van der Waals surface area contributed by atoms with Gasteiger partial charge in [-0.1, -0.05) is 6.07 Å². The van der Waals surface area contributed by atoms with Gasteiger partial charge in [0.2, 0.25) is 0 Å². The number of benzene rings is 1. The van der Waals surface area contributed by atoms with Crippen LogP contribution in [0.15, 0.2) is 18.2 Å². The van der Waals surface area contributed by atoms with Crippen LogP contribution in [0.5, 0.6) is 0 Å². The van der Waals surface area contributed by atoms with Crippen molar-refractivity contribution in [2.24, 2.45) is 5.73 Å². The molecule has 0 aliphatic carbocycles. The molecule has 0 spiro atoms. The molecule has 1 heterocycles. The quantitative estimate of drug-likeness (QED) is 0.770. The van der Waals surface area contributed by atoms with Crippen LogP contribution in [-0.4, -0.2) is 16.1 Å². The van der Waals surface area contributed by atoms with Crippen molar-refractivity contribution in [1.82, 2.24) is 9.55 Å². The largest absolute Gasteiger partial charge is 0.397 e. The Morgan fingerprint density at radius 1 is 1.38 bits per heavy atom. The summed E-state index contributed by atoms with van der Waals surface area (Å²) < 4.78 is 2.18. The molecule has 0 fully saturated rings. The van der Waals surface area contributed by atoms with E-state index >= 15 is 0 Å². The predicted octanol–water partition coefficient (Wildman–Crippen LogP) is 1.70. The molecule has 0 saturated carbocycles. The van der Waals surface area contributed by atoms with Gasteiger partial charge in [0, 0.05) is 12.5 Å². The Hall–Kier alpha value is -1.55. The summed E-state index contributed by atoms with van der Waals surface area (Å²) in [5.74, 6) is 1.02. The molecule has 4 heteroatoms. The van der Waals surface area contributed by atoms with Gasteiger partial charge in [0.05, 0.1) is 16.7 Å². The van der Waals surface area contributed by atoms with Crippen LogP contribution in [0.25, 0.3) is 11.0 Å². The zero-order valence-electron chi connectivity index (χ0n) is 9.77. The summed E-state index contributed by atoms with van der Waals surface area (Å²) in [6, 6.07) is 6.18. The molecule has 0 radical (unpaired) electrons. The lowest BCUT2D eigenvalue weighted by Gasteiger charge is -2.13. The molecule has 0 amide bonds. The van der Waals surface area contributed by atoms with E-state index in [0.717, 1.165) is 29.0 Å². The second-order valence-corrected chi connectivity index (χ2v) is 4.25. The number of nitrogens with zero attached hydrogens (tertiary/aromatic N) is 2. The van der Waals surface area contributed by atoms with Crippen LogP contribution in [-0.2, 0) is 6.42 Å². The van der Waals surface area contributed by atoms with Gasteiger partial charge in [0.1, 0.15) is 5.82 Å². The van der Waals surface area contributed by atoms with Crippen LogP contribution in [0.2, 0.25) is 0 Å². The molecular weight excluding hydrogens is 200 g/mol. The van der Waals surface area contributed by atoms with Gasteiger partial charge in [-0.3, -0.25) is 0 Å². The number of imidazole rings is 1. The number of hydrogen-bond donors (Lipinski definition) is 2. The summed E-state index contributed by atoms with van der Waals surface area (Å²) in [7, 11) is 0. The molecule has 1 aromatic carbocycles. The first-order valence-corrected chi connectivity index (χ1v) is 5.60. The van der Waals surface area contributed by atoms with Crippen molar-refractivity contribution >= 4 is 16.7 Å². The molecule has 0 bridgehead atoms. The second kappa shape index (κ2) is 4.14. The molecule has 0 saturated heterocycles. The smallest absolute Gasteiger partial charge is 0.111 e. The standard InChI is InChI=1S/C12H18N4/c1-8(2)16-11(6-7-13)15-10-5-3-4-9(14)12(10)16/h3-5,8H,6-7,13-14H2,1-2H3. The Kier molecular flexibility index (Phi) is 2.83. The van der Waals surface area contributed by atoms with Crippen LogP contribution in [0.3, 0.4) is 0 Å². The highest BCUT2D eigenvalue weighted by molar-refractivity contribution is 5.87. The van der Waals surface area contributed by atoms with Crippen LogP contribution >= 0.6 is 0 Å². The average molecular weight is 218 g/mol. The summed E-state index contributed by atoms with van der Waals surface area (Å²) in [5.41, 5.74) is 14.4. The lowest BCUT2D eigenvalue weighted by atomic mass is 10.2. The van der Waals surface area contributed by atoms with Gasteiger partial charge >= 0.3 is 0 Å². The number of hydrogen-bond acceptors (Lipinski definition) is 3. The van der Waals surface area contributed by atoms with Gasteiger partial charge in [-0.25, -0.2) is 4.98 Å². The van der Waals surface area contributed by atoms with Gasteiger partial charge in [-0.05, 0) is 32.5 Å². The lowest BCUT2D eigenvalue weighted by Crippen LogP contribution is -2.12. The molecule has 16 heavy (non-hydrogen) atoms. The van der Waals surface area contributed by atoms with Gasteiger partial charge in [-0.15, -0.1) is 0 Å². The number of aromatic nitrogens is 2. The third kappa shape index (κ3) is 1.65. The van der Waals surface area contributed by atoms with Gasteiger partial charge in [0.15, 0.2) is 0 Å². The van der Waals surface area contributed by atoms with E-state index in [1.54, 1.807) is 0 Å². The maximum atomic E-state index is 6.01. The monoisotopic (exact) mass is 218 g/mol. The highest BCUT2D eigenvalue weighted by atomic mass is 15.1. The normalized spacial score (nSPS) is 11.5. The molecule has 4 nitrogen and oxygen atoms in total. The fourth-order valence-electron chi connectivity index (χ4n) is 2.09. The van der Waals surface area contributed by atoms with Crippen LogP contribution in [0.1, 0.15) is 25.7 Å². The number of para-hydroxylation sites is 1. The molecule has 1 aromatic heterocycles. The van der Waals surface area contributed by atoms with Crippen molar-refractivity contribution in [3.8, 4) is 0 Å². The van der Waals surface area contributed by atoms with Gasteiger partial charge in [0.25, 0.3) is 0 Å². The van der Waals surface area contributed by atoms with Crippen molar-refractivity contribution in [3.63, 3.8) is 0 Å². The van der Waals surface area contributed by atoms with Crippen molar-refractivity contribution in [2.75, 3.05) is 12.3 Å². The molecule has 86 valence electrons. The van der Waals surface area contributed by atoms with E-state index in [9.17, 15) is 0 Å². The molecule has 0 aliphatic heterocycles. The molecule has 4 N–H and O–H groups in total. The summed E-state index contributed by atoms with van der Waals surface area (Å²) in [4.78, 5) is 4.59.